The van der Waals surface area contributed by atoms with Crippen LogP contribution in [0.5, 0.6) is 0 Å². The lowest BCUT2D eigenvalue weighted by molar-refractivity contribution is 0.601. The van der Waals surface area contributed by atoms with Crippen molar-refractivity contribution in [1.29, 1.82) is 0 Å². The SMILES string of the molecule is O=S(=O)(Nc1ncccn1)c1ccc(Nc2ncnc3scc(-c4ccc(F)cc4)c23)cc1. The number of nitrogens with zero attached hydrogens (tertiary/aromatic N) is 4. The summed E-state index contributed by atoms with van der Waals surface area (Å²) in [7, 11) is -3.83. The molecule has 0 amide bonds. The molecule has 11 heteroatoms. The van der Waals surface area contributed by atoms with Crippen LogP contribution < -0.4 is 10.0 Å². The fourth-order valence-corrected chi connectivity index (χ4v) is 5.07. The number of hydrogen-bond acceptors (Lipinski definition) is 8. The van der Waals surface area contributed by atoms with Crippen LogP contribution >= 0.6 is 11.3 Å². The average Bonchev–Trinajstić information content (AvgIpc) is 3.26. The quantitative estimate of drug-likeness (QED) is 0.360. The molecule has 5 rings (SSSR count). The van der Waals surface area contributed by atoms with Crippen LogP contribution in [0.2, 0.25) is 0 Å². The smallest absolute Gasteiger partial charge is 0.264 e. The van der Waals surface area contributed by atoms with Crippen molar-refractivity contribution < 1.29 is 12.8 Å². The summed E-state index contributed by atoms with van der Waals surface area (Å²) in [4.78, 5) is 17.3. The van der Waals surface area contributed by atoms with Crippen LogP contribution in [0.3, 0.4) is 0 Å². The van der Waals surface area contributed by atoms with Crippen LogP contribution in [0.1, 0.15) is 0 Å². The molecule has 0 fully saturated rings. The van der Waals surface area contributed by atoms with Crippen molar-refractivity contribution in [2.24, 2.45) is 0 Å². The molecule has 8 nitrogen and oxygen atoms in total. The van der Waals surface area contributed by atoms with Gasteiger partial charge in [-0.3, -0.25) is 0 Å². The van der Waals surface area contributed by atoms with Crippen LogP contribution in [0.15, 0.2) is 83.6 Å². The zero-order chi connectivity index (χ0) is 22.8. The highest BCUT2D eigenvalue weighted by atomic mass is 32.2. The summed E-state index contributed by atoms with van der Waals surface area (Å²) in [5.74, 6) is 0.247. The number of rotatable bonds is 6. The Labute approximate surface area is 192 Å². The Bertz CT molecular complexity index is 1520. The predicted molar refractivity (Wildman–Crippen MR) is 125 cm³/mol. The van der Waals surface area contributed by atoms with E-state index in [1.54, 1.807) is 30.3 Å². The maximum absolute atomic E-state index is 13.4. The topological polar surface area (TPSA) is 110 Å². The Morgan fingerprint density at radius 1 is 0.879 bits per heavy atom. The van der Waals surface area contributed by atoms with Gasteiger partial charge in [-0.05, 0) is 48.0 Å². The van der Waals surface area contributed by atoms with E-state index in [0.29, 0.717) is 11.5 Å². The van der Waals surface area contributed by atoms with Gasteiger partial charge in [-0.15, -0.1) is 11.3 Å². The molecule has 3 aromatic heterocycles. The molecule has 0 bridgehead atoms. The van der Waals surface area contributed by atoms with Crippen LogP contribution in [0, 0.1) is 5.82 Å². The van der Waals surface area contributed by atoms with Gasteiger partial charge in [0.1, 0.15) is 22.8 Å². The second-order valence-electron chi connectivity index (χ2n) is 6.89. The van der Waals surface area contributed by atoms with E-state index in [-0.39, 0.29) is 16.7 Å². The third kappa shape index (κ3) is 4.36. The van der Waals surface area contributed by atoms with Gasteiger partial charge in [-0.1, -0.05) is 12.1 Å². The Morgan fingerprint density at radius 2 is 1.61 bits per heavy atom. The second kappa shape index (κ2) is 8.52. The van der Waals surface area contributed by atoms with Crippen molar-refractivity contribution >= 4 is 49.0 Å². The second-order valence-corrected chi connectivity index (χ2v) is 9.43. The van der Waals surface area contributed by atoms with Crippen molar-refractivity contribution in [2.75, 3.05) is 10.0 Å². The molecule has 0 radical (unpaired) electrons. The lowest BCUT2D eigenvalue weighted by Crippen LogP contribution is -2.14. The van der Waals surface area contributed by atoms with Gasteiger partial charge in [0, 0.05) is 29.0 Å². The monoisotopic (exact) mass is 478 g/mol. The number of nitrogens with one attached hydrogen (secondary N) is 2. The summed E-state index contributed by atoms with van der Waals surface area (Å²) in [5, 5.41) is 5.97. The summed E-state index contributed by atoms with van der Waals surface area (Å²) >= 11 is 1.46. The largest absolute Gasteiger partial charge is 0.340 e. The van der Waals surface area contributed by atoms with Crippen LogP contribution in [-0.2, 0) is 10.0 Å². The molecular weight excluding hydrogens is 463 g/mol. The average molecular weight is 479 g/mol. The Hall–Kier alpha value is -3.96. The molecule has 0 unspecified atom stereocenters. The third-order valence-electron chi connectivity index (χ3n) is 4.74. The highest BCUT2D eigenvalue weighted by Crippen LogP contribution is 2.37. The molecule has 0 saturated heterocycles. The first-order valence-electron chi connectivity index (χ1n) is 9.65. The summed E-state index contributed by atoms with van der Waals surface area (Å²) in [6.07, 6.45) is 4.36. The van der Waals surface area contributed by atoms with E-state index in [1.807, 2.05) is 5.38 Å². The number of fused-ring (bicyclic) bond motifs is 1. The normalized spacial score (nSPS) is 11.4. The van der Waals surface area contributed by atoms with Crippen molar-refractivity contribution in [2.45, 2.75) is 4.90 Å². The molecule has 33 heavy (non-hydrogen) atoms. The van der Waals surface area contributed by atoms with Gasteiger partial charge in [0.05, 0.1) is 10.3 Å². The number of benzene rings is 2. The van der Waals surface area contributed by atoms with Gasteiger partial charge in [-0.2, -0.15) is 0 Å². The summed E-state index contributed by atoms with van der Waals surface area (Å²) in [5.41, 5.74) is 2.36. The predicted octanol–water partition coefficient (Wildman–Crippen LogP) is 4.83. The zero-order valence-electron chi connectivity index (χ0n) is 16.8. The van der Waals surface area contributed by atoms with Gasteiger partial charge in [-0.25, -0.2) is 37.5 Å². The lowest BCUT2D eigenvalue weighted by atomic mass is 10.1. The number of aromatic nitrogens is 4. The minimum Gasteiger partial charge on any atom is -0.340 e. The molecule has 0 aliphatic heterocycles. The van der Waals surface area contributed by atoms with Crippen LogP contribution in [0.25, 0.3) is 21.3 Å². The summed E-state index contributed by atoms with van der Waals surface area (Å²) < 4.78 is 40.9. The van der Waals surface area contributed by atoms with Crippen molar-refractivity contribution in [3.05, 3.63) is 84.5 Å². The molecule has 164 valence electrons. The first-order valence-corrected chi connectivity index (χ1v) is 12.0. The minimum absolute atomic E-state index is 0.00569. The number of thiophene rings is 1. The maximum Gasteiger partial charge on any atom is 0.264 e. The van der Waals surface area contributed by atoms with Gasteiger partial charge in [0.25, 0.3) is 10.0 Å². The molecule has 0 atom stereocenters. The van der Waals surface area contributed by atoms with E-state index < -0.39 is 10.0 Å². The highest BCUT2D eigenvalue weighted by molar-refractivity contribution is 7.92. The Balaban J connectivity index is 1.43. The van der Waals surface area contributed by atoms with Crippen LogP contribution in [-0.4, -0.2) is 28.4 Å². The number of anilines is 3. The Morgan fingerprint density at radius 3 is 2.33 bits per heavy atom. The molecule has 0 aliphatic carbocycles. The van der Waals surface area contributed by atoms with Crippen molar-refractivity contribution in [3.63, 3.8) is 0 Å². The summed E-state index contributed by atoms with van der Waals surface area (Å²) in [6, 6.07) is 14.0. The zero-order valence-corrected chi connectivity index (χ0v) is 18.4. The maximum atomic E-state index is 13.4. The first kappa shape index (κ1) is 20.9. The van der Waals surface area contributed by atoms with E-state index in [4.69, 9.17) is 0 Å². The number of halogens is 1. The van der Waals surface area contributed by atoms with E-state index in [2.05, 4.69) is 30.0 Å². The standard InChI is InChI=1S/C22H15FN6O2S2/c23-15-4-2-14(3-5-15)18-12-32-21-19(18)20(26-13-27-21)28-16-6-8-17(9-7-16)33(30,31)29-22-24-10-1-11-25-22/h1-13H,(H,24,25,29)(H,26,27,28). The molecule has 0 saturated carbocycles. The fourth-order valence-electron chi connectivity index (χ4n) is 3.20. The number of sulfonamides is 1. The number of hydrogen-bond donors (Lipinski definition) is 2. The van der Waals surface area contributed by atoms with Gasteiger partial charge in [0.15, 0.2) is 0 Å². The highest BCUT2D eigenvalue weighted by Gasteiger charge is 2.17. The fraction of sp³-hybridized carbons (Fsp3) is 0. The van der Waals surface area contributed by atoms with Gasteiger partial charge < -0.3 is 5.32 Å². The molecule has 0 aliphatic rings. The van der Waals surface area contributed by atoms with E-state index >= 15 is 0 Å². The summed E-state index contributed by atoms with van der Waals surface area (Å²) in [6.45, 7) is 0. The van der Waals surface area contributed by atoms with Crippen molar-refractivity contribution in [3.8, 4) is 11.1 Å². The van der Waals surface area contributed by atoms with E-state index in [9.17, 15) is 12.8 Å². The van der Waals surface area contributed by atoms with E-state index in [0.717, 1.165) is 21.3 Å². The minimum atomic E-state index is -3.83. The van der Waals surface area contributed by atoms with Crippen molar-refractivity contribution in [1.82, 2.24) is 19.9 Å². The lowest BCUT2D eigenvalue weighted by Gasteiger charge is -2.10. The van der Waals surface area contributed by atoms with Crippen LogP contribution in [0.4, 0.5) is 21.8 Å². The molecule has 2 N–H and O–H groups in total. The molecule has 3 heterocycles. The van der Waals surface area contributed by atoms with E-state index in [1.165, 1.54) is 54.3 Å². The molecular formula is C22H15FN6O2S2. The first-order chi connectivity index (χ1) is 16.0. The Kier molecular flexibility index (Phi) is 5.40. The van der Waals surface area contributed by atoms with Gasteiger partial charge in [0.2, 0.25) is 5.95 Å². The third-order valence-corrected chi connectivity index (χ3v) is 6.97. The molecule has 5 aromatic rings. The molecule has 0 spiro atoms. The molecule has 2 aromatic carbocycles. The van der Waals surface area contributed by atoms with Gasteiger partial charge >= 0.3 is 0 Å².